The summed E-state index contributed by atoms with van der Waals surface area (Å²) in [5, 5.41) is 9.43. The summed E-state index contributed by atoms with van der Waals surface area (Å²) < 4.78 is 15.8. The summed E-state index contributed by atoms with van der Waals surface area (Å²) in [4.78, 5) is 17.4. The average molecular weight is 417 g/mol. The lowest BCUT2D eigenvalue weighted by Gasteiger charge is -2.22. The third-order valence-electron chi connectivity index (χ3n) is 6.12. The molecular weight excluding hydrogens is 391 g/mol. The van der Waals surface area contributed by atoms with E-state index in [1.54, 1.807) is 16.9 Å². The Morgan fingerprint density at radius 2 is 1.87 bits per heavy atom. The van der Waals surface area contributed by atoms with Gasteiger partial charge >= 0.3 is 0 Å². The van der Waals surface area contributed by atoms with Crippen LogP contribution in [0.1, 0.15) is 37.7 Å². The number of aromatic nitrogens is 3. The highest BCUT2D eigenvalue weighted by Gasteiger charge is 2.20. The standard InChI is InChI=1S/C25H25FN4O/c1-16-7-9-17(10-8-16)24-21-14-27-22-12-11-18(26)13-20(22)25(21)30(29-24)15-23(31)28-19-5-3-2-4-6-19/h7-14,19H,2-6,15H2,1H3,(H,28,31). The maximum absolute atomic E-state index is 14.1. The first-order valence-electron chi connectivity index (χ1n) is 10.9. The number of fused-ring (bicyclic) bond motifs is 3. The van der Waals surface area contributed by atoms with Crippen molar-refractivity contribution in [1.82, 2.24) is 20.1 Å². The maximum atomic E-state index is 14.1. The molecule has 2 aromatic carbocycles. The van der Waals surface area contributed by atoms with E-state index >= 15 is 0 Å². The van der Waals surface area contributed by atoms with E-state index in [-0.39, 0.29) is 24.3 Å². The van der Waals surface area contributed by atoms with Gasteiger partial charge in [0.25, 0.3) is 0 Å². The van der Waals surface area contributed by atoms with E-state index in [2.05, 4.69) is 10.3 Å². The largest absolute Gasteiger partial charge is 0.352 e. The highest BCUT2D eigenvalue weighted by Crippen LogP contribution is 2.32. The van der Waals surface area contributed by atoms with Crippen LogP contribution in [0.15, 0.2) is 48.7 Å². The van der Waals surface area contributed by atoms with Crippen molar-refractivity contribution >= 4 is 27.7 Å². The Morgan fingerprint density at radius 3 is 2.65 bits per heavy atom. The Balaban J connectivity index is 1.60. The lowest BCUT2D eigenvalue weighted by Crippen LogP contribution is -2.38. The zero-order chi connectivity index (χ0) is 21.4. The molecule has 1 fully saturated rings. The van der Waals surface area contributed by atoms with Crippen LogP contribution in [-0.2, 0) is 11.3 Å². The molecule has 1 aliphatic carbocycles. The summed E-state index contributed by atoms with van der Waals surface area (Å²) in [6.45, 7) is 2.13. The minimum Gasteiger partial charge on any atom is -0.352 e. The van der Waals surface area contributed by atoms with Gasteiger partial charge in [-0.05, 0) is 38.0 Å². The minimum atomic E-state index is -0.335. The van der Waals surface area contributed by atoms with Crippen LogP contribution in [0.4, 0.5) is 4.39 Å². The number of hydrogen-bond acceptors (Lipinski definition) is 3. The zero-order valence-corrected chi connectivity index (χ0v) is 17.6. The number of pyridine rings is 1. The molecule has 0 atom stereocenters. The van der Waals surface area contributed by atoms with E-state index in [0.29, 0.717) is 10.9 Å². The molecule has 0 spiro atoms. The van der Waals surface area contributed by atoms with Crippen molar-refractivity contribution < 1.29 is 9.18 Å². The van der Waals surface area contributed by atoms with Crippen LogP contribution in [0.25, 0.3) is 33.1 Å². The molecule has 2 aromatic heterocycles. The third-order valence-corrected chi connectivity index (χ3v) is 6.12. The van der Waals surface area contributed by atoms with Gasteiger partial charge in [0.2, 0.25) is 5.91 Å². The second kappa shape index (κ2) is 8.10. The number of halogens is 1. The molecule has 5 nitrogen and oxygen atoms in total. The molecule has 2 heterocycles. The van der Waals surface area contributed by atoms with Gasteiger partial charge in [0.1, 0.15) is 18.1 Å². The molecule has 0 saturated heterocycles. The summed E-state index contributed by atoms with van der Waals surface area (Å²) in [5.41, 5.74) is 4.26. The van der Waals surface area contributed by atoms with Crippen LogP contribution >= 0.6 is 0 Å². The first-order chi connectivity index (χ1) is 15.1. The van der Waals surface area contributed by atoms with E-state index in [9.17, 15) is 9.18 Å². The van der Waals surface area contributed by atoms with Gasteiger partial charge in [-0.2, -0.15) is 5.10 Å². The molecule has 0 aliphatic heterocycles. The molecule has 1 N–H and O–H groups in total. The van der Waals surface area contributed by atoms with Crippen molar-refractivity contribution in [3.05, 3.63) is 60.0 Å². The summed E-state index contributed by atoms with van der Waals surface area (Å²) in [6, 6.07) is 12.9. The molecule has 0 bridgehead atoms. The van der Waals surface area contributed by atoms with Gasteiger partial charge in [-0.25, -0.2) is 4.39 Å². The van der Waals surface area contributed by atoms with Crippen LogP contribution in [-0.4, -0.2) is 26.7 Å². The van der Waals surface area contributed by atoms with Crippen LogP contribution in [0.2, 0.25) is 0 Å². The van der Waals surface area contributed by atoms with Crippen LogP contribution in [0.5, 0.6) is 0 Å². The fourth-order valence-corrected chi connectivity index (χ4v) is 4.52. The number of aryl methyl sites for hydroxylation is 1. The molecule has 31 heavy (non-hydrogen) atoms. The Kier molecular flexibility index (Phi) is 5.14. The predicted octanol–water partition coefficient (Wildman–Crippen LogP) is 5.15. The van der Waals surface area contributed by atoms with Crippen LogP contribution < -0.4 is 5.32 Å². The maximum Gasteiger partial charge on any atom is 0.241 e. The molecule has 158 valence electrons. The van der Waals surface area contributed by atoms with Gasteiger partial charge in [0.05, 0.1) is 11.0 Å². The number of nitrogens with one attached hydrogen (secondary N) is 1. The van der Waals surface area contributed by atoms with E-state index in [0.717, 1.165) is 53.4 Å². The summed E-state index contributed by atoms with van der Waals surface area (Å²) in [5.74, 6) is -0.397. The molecule has 4 aromatic rings. The number of benzene rings is 2. The summed E-state index contributed by atoms with van der Waals surface area (Å²) in [7, 11) is 0. The second-order valence-electron chi connectivity index (χ2n) is 8.46. The molecule has 0 radical (unpaired) electrons. The third kappa shape index (κ3) is 3.90. The van der Waals surface area contributed by atoms with E-state index in [1.807, 2.05) is 31.2 Å². The van der Waals surface area contributed by atoms with Gasteiger partial charge in [-0.1, -0.05) is 49.1 Å². The summed E-state index contributed by atoms with van der Waals surface area (Å²) in [6.07, 6.45) is 7.37. The van der Waals surface area contributed by atoms with Crippen molar-refractivity contribution in [1.29, 1.82) is 0 Å². The Morgan fingerprint density at radius 1 is 1.10 bits per heavy atom. The van der Waals surface area contributed by atoms with Gasteiger partial charge in [0.15, 0.2) is 0 Å². The number of amides is 1. The van der Waals surface area contributed by atoms with E-state index < -0.39 is 0 Å². The fourth-order valence-electron chi connectivity index (χ4n) is 4.52. The Labute approximate surface area is 180 Å². The molecule has 5 rings (SSSR count). The SMILES string of the molecule is Cc1ccc(-c2nn(CC(=O)NC3CCCCC3)c3c2cnc2ccc(F)cc23)cc1. The van der Waals surface area contributed by atoms with Gasteiger partial charge < -0.3 is 5.32 Å². The van der Waals surface area contributed by atoms with Gasteiger partial charge in [-0.3, -0.25) is 14.5 Å². The number of hydrogen-bond donors (Lipinski definition) is 1. The van der Waals surface area contributed by atoms with E-state index in [4.69, 9.17) is 5.10 Å². The highest BCUT2D eigenvalue weighted by molar-refractivity contribution is 6.08. The number of nitrogens with zero attached hydrogens (tertiary/aromatic N) is 3. The van der Waals surface area contributed by atoms with Crippen molar-refractivity contribution in [2.75, 3.05) is 0 Å². The van der Waals surface area contributed by atoms with E-state index in [1.165, 1.54) is 18.6 Å². The first-order valence-corrected chi connectivity index (χ1v) is 10.9. The smallest absolute Gasteiger partial charge is 0.241 e. The van der Waals surface area contributed by atoms with Crippen molar-refractivity contribution in [2.24, 2.45) is 0 Å². The first kappa shape index (κ1) is 19.7. The fraction of sp³-hybridized carbons (Fsp3) is 0.320. The van der Waals surface area contributed by atoms with Crippen molar-refractivity contribution in [3.8, 4) is 11.3 Å². The van der Waals surface area contributed by atoms with Crippen LogP contribution in [0.3, 0.4) is 0 Å². The summed E-state index contributed by atoms with van der Waals surface area (Å²) >= 11 is 0. The minimum absolute atomic E-state index is 0.0619. The molecule has 1 saturated carbocycles. The Hall–Kier alpha value is -3.28. The lowest BCUT2D eigenvalue weighted by molar-refractivity contribution is -0.122. The highest BCUT2D eigenvalue weighted by atomic mass is 19.1. The van der Waals surface area contributed by atoms with Crippen LogP contribution in [0, 0.1) is 12.7 Å². The number of rotatable bonds is 4. The topological polar surface area (TPSA) is 59.8 Å². The normalized spacial score (nSPS) is 14.9. The second-order valence-corrected chi connectivity index (χ2v) is 8.46. The van der Waals surface area contributed by atoms with Crippen molar-refractivity contribution in [3.63, 3.8) is 0 Å². The molecule has 0 unspecified atom stereocenters. The lowest BCUT2D eigenvalue weighted by atomic mass is 9.95. The zero-order valence-electron chi connectivity index (χ0n) is 17.6. The van der Waals surface area contributed by atoms with Crippen molar-refractivity contribution in [2.45, 2.75) is 51.6 Å². The molecular formula is C25H25FN4O. The van der Waals surface area contributed by atoms with Gasteiger partial charge in [-0.15, -0.1) is 0 Å². The number of carbonyl (C=O) groups excluding carboxylic acids is 1. The Bertz CT molecular complexity index is 1260. The quantitative estimate of drug-likeness (QED) is 0.501. The average Bonchev–Trinajstić information content (AvgIpc) is 3.13. The molecule has 1 aliphatic rings. The predicted molar refractivity (Wildman–Crippen MR) is 120 cm³/mol. The number of carbonyl (C=O) groups is 1. The molecule has 1 amide bonds. The molecule has 6 heteroatoms. The monoisotopic (exact) mass is 416 g/mol. The van der Waals surface area contributed by atoms with Gasteiger partial charge in [0, 0.05) is 28.6 Å².